The molecule has 0 bridgehead atoms. The Balaban J connectivity index is 1.41. The second kappa shape index (κ2) is 8.52. The minimum absolute atomic E-state index is 0.0407. The molecule has 6 heteroatoms. The number of amides is 1. The number of rotatable bonds is 5. The van der Waals surface area contributed by atoms with Gasteiger partial charge in [0.1, 0.15) is 16.3 Å². The molecule has 1 aliphatic rings. The molecule has 2 heterocycles. The summed E-state index contributed by atoms with van der Waals surface area (Å²) in [5, 5.41) is 4.21. The van der Waals surface area contributed by atoms with Crippen LogP contribution < -0.4 is 4.74 Å². The minimum atomic E-state index is 0.0407. The Kier molecular flexibility index (Phi) is 5.67. The summed E-state index contributed by atoms with van der Waals surface area (Å²) < 4.78 is 9.24. The van der Waals surface area contributed by atoms with Gasteiger partial charge >= 0.3 is 0 Å². The van der Waals surface area contributed by atoms with E-state index >= 15 is 0 Å². The van der Waals surface area contributed by atoms with E-state index in [0.29, 0.717) is 16.5 Å². The molecule has 0 aliphatic carbocycles. The van der Waals surface area contributed by atoms with Gasteiger partial charge in [-0.2, -0.15) is 0 Å². The zero-order chi connectivity index (χ0) is 19.3. The SMILES string of the molecule is COc1ccc(-c2nnsc2C(=O)N2CCC(Cc3ccccc3)CC2)cc1. The van der Waals surface area contributed by atoms with Crippen molar-refractivity contribution >= 4 is 17.4 Å². The number of carbonyl (C=O) groups excluding carboxylic acids is 1. The Hall–Kier alpha value is -2.73. The molecule has 0 atom stereocenters. The fourth-order valence-electron chi connectivity index (χ4n) is 3.70. The fourth-order valence-corrected chi connectivity index (χ4v) is 4.36. The lowest BCUT2D eigenvalue weighted by Crippen LogP contribution is -2.38. The molecule has 1 aromatic heterocycles. The first-order valence-corrected chi connectivity index (χ1v) is 10.3. The number of hydrogen-bond donors (Lipinski definition) is 0. The smallest absolute Gasteiger partial charge is 0.267 e. The highest BCUT2D eigenvalue weighted by Gasteiger charge is 2.27. The standard InChI is InChI=1S/C22H23N3O2S/c1-27-19-9-7-18(8-10-19)20-21(28-24-23-20)22(26)25-13-11-17(12-14-25)15-16-5-3-2-4-6-16/h2-10,17H,11-15H2,1H3. The fraction of sp³-hybridized carbons (Fsp3) is 0.318. The highest BCUT2D eigenvalue weighted by Crippen LogP contribution is 2.29. The lowest BCUT2D eigenvalue weighted by Gasteiger charge is -2.31. The maximum Gasteiger partial charge on any atom is 0.267 e. The summed E-state index contributed by atoms with van der Waals surface area (Å²) in [6, 6.07) is 18.2. The van der Waals surface area contributed by atoms with Gasteiger partial charge in [-0.3, -0.25) is 4.79 Å². The second-order valence-electron chi connectivity index (χ2n) is 7.10. The Morgan fingerprint density at radius 2 is 1.82 bits per heavy atom. The highest BCUT2D eigenvalue weighted by molar-refractivity contribution is 7.08. The zero-order valence-corrected chi connectivity index (χ0v) is 16.7. The minimum Gasteiger partial charge on any atom is -0.497 e. The molecule has 2 aromatic carbocycles. The summed E-state index contributed by atoms with van der Waals surface area (Å²) in [4.78, 5) is 15.6. The van der Waals surface area contributed by atoms with Crippen molar-refractivity contribution in [3.63, 3.8) is 0 Å². The first-order valence-electron chi connectivity index (χ1n) is 9.54. The van der Waals surface area contributed by atoms with Crippen molar-refractivity contribution in [2.24, 2.45) is 5.92 Å². The Labute approximate surface area is 169 Å². The molecule has 28 heavy (non-hydrogen) atoms. The predicted molar refractivity (Wildman–Crippen MR) is 111 cm³/mol. The molecular weight excluding hydrogens is 370 g/mol. The third-order valence-electron chi connectivity index (χ3n) is 5.31. The van der Waals surface area contributed by atoms with Gasteiger partial charge in [0.15, 0.2) is 0 Å². The van der Waals surface area contributed by atoms with Crippen LogP contribution in [0.5, 0.6) is 5.75 Å². The molecule has 0 spiro atoms. The maximum atomic E-state index is 13.1. The van der Waals surface area contributed by atoms with E-state index < -0.39 is 0 Å². The van der Waals surface area contributed by atoms with Crippen LogP contribution in [-0.4, -0.2) is 40.6 Å². The molecule has 4 rings (SSSR count). The van der Waals surface area contributed by atoms with Crippen LogP contribution in [0.4, 0.5) is 0 Å². The third kappa shape index (κ3) is 4.07. The van der Waals surface area contributed by atoms with Crippen LogP contribution in [0.15, 0.2) is 54.6 Å². The normalized spacial score (nSPS) is 14.8. The Morgan fingerprint density at radius 3 is 2.50 bits per heavy atom. The lowest BCUT2D eigenvalue weighted by molar-refractivity contribution is 0.0696. The summed E-state index contributed by atoms with van der Waals surface area (Å²) in [6.45, 7) is 1.58. The summed E-state index contributed by atoms with van der Waals surface area (Å²) in [7, 11) is 1.63. The second-order valence-corrected chi connectivity index (χ2v) is 7.86. The average Bonchev–Trinajstić information content (AvgIpc) is 3.24. The van der Waals surface area contributed by atoms with E-state index in [2.05, 4.69) is 33.9 Å². The van der Waals surface area contributed by atoms with Crippen LogP contribution in [0, 0.1) is 5.92 Å². The van der Waals surface area contributed by atoms with Crippen molar-refractivity contribution in [1.29, 1.82) is 0 Å². The van der Waals surface area contributed by atoms with E-state index in [4.69, 9.17) is 4.74 Å². The van der Waals surface area contributed by atoms with Gasteiger partial charge < -0.3 is 9.64 Å². The van der Waals surface area contributed by atoms with Crippen LogP contribution in [0.2, 0.25) is 0 Å². The first kappa shape index (κ1) is 18.6. The summed E-state index contributed by atoms with van der Waals surface area (Å²) in [6.07, 6.45) is 3.15. The molecule has 0 radical (unpaired) electrons. The highest BCUT2D eigenvalue weighted by atomic mass is 32.1. The van der Waals surface area contributed by atoms with E-state index in [9.17, 15) is 4.79 Å². The van der Waals surface area contributed by atoms with Crippen LogP contribution in [-0.2, 0) is 6.42 Å². The van der Waals surface area contributed by atoms with E-state index in [1.54, 1.807) is 7.11 Å². The number of carbonyl (C=O) groups is 1. The van der Waals surface area contributed by atoms with Crippen LogP contribution in [0.1, 0.15) is 28.1 Å². The van der Waals surface area contributed by atoms with Crippen molar-refractivity contribution < 1.29 is 9.53 Å². The van der Waals surface area contributed by atoms with E-state index in [1.807, 2.05) is 35.2 Å². The van der Waals surface area contributed by atoms with Gasteiger partial charge in [-0.25, -0.2) is 0 Å². The van der Waals surface area contributed by atoms with Gasteiger partial charge in [-0.15, -0.1) is 5.10 Å². The van der Waals surface area contributed by atoms with Gasteiger partial charge in [0.05, 0.1) is 7.11 Å². The number of likely N-dealkylation sites (tertiary alicyclic amines) is 1. The molecule has 1 fully saturated rings. The van der Waals surface area contributed by atoms with E-state index in [-0.39, 0.29) is 5.91 Å². The van der Waals surface area contributed by atoms with Crippen molar-refractivity contribution in [2.75, 3.05) is 20.2 Å². The number of hydrogen-bond acceptors (Lipinski definition) is 5. The number of ether oxygens (including phenoxy) is 1. The Morgan fingerprint density at radius 1 is 1.11 bits per heavy atom. The third-order valence-corrected chi connectivity index (χ3v) is 6.03. The summed E-state index contributed by atoms with van der Waals surface area (Å²) >= 11 is 1.18. The van der Waals surface area contributed by atoms with Gasteiger partial charge in [0, 0.05) is 18.7 Å². The topological polar surface area (TPSA) is 55.3 Å². The van der Waals surface area contributed by atoms with Crippen LogP contribution in [0.3, 0.4) is 0 Å². The van der Waals surface area contributed by atoms with Crippen LogP contribution >= 0.6 is 11.5 Å². The quantitative estimate of drug-likeness (QED) is 0.648. The molecule has 0 N–H and O–H groups in total. The van der Waals surface area contributed by atoms with Crippen LogP contribution in [0.25, 0.3) is 11.3 Å². The molecule has 3 aromatic rings. The number of aromatic nitrogens is 2. The zero-order valence-electron chi connectivity index (χ0n) is 15.9. The van der Waals surface area contributed by atoms with Crippen molar-refractivity contribution in [2.45, 2.75) is 19.3 Å². The predicted octanol–water partition coefficient (Wildman–Crippen LogP) is 4.31. The molecule has 0 unspecified atom stereocenters. The van der Waals surface area contributed by atoms with E-state index in [1.165, 1.54) is 17.1 Å². The average molecular weight is 394 g/mol. The number of nitrogens with zero attached hydrogens (tertiary/aromatic N) is 3. The Bertz CT molecular complexity index is 916. The number of benzene rings is 2. The van der Waals surface area contributed by atoms with Gasteiger partial charge in [-0.1, -0.05) is 34.8 Å². The molecule has 5 nitrogen and oxygen atoms in total. The molecule has 144 valence electrons. The van der Waals surface area contributed by atoms with Gasteiger partial charge in [0.25, 0.3) is 5.91 Å². The largest absolute Gasteiger partial charge is 0.497 e. The van der Waals surface area contributed by atoms with Crippen molar-refractivity contribution in [1.82, 2.24) is 14.5 Å². The molecular formula is C22H23N3O2S. The number of piperidine rings is 1. The molecule has 1 aliphatic heterocycles. The maximum absolute atomic E-state index is 13.1. The summed E-state index contributed by atoms with van der Waals surface area (Å²) in [5.41, 5.74) is 2.92. The molecule has 1 amide bonds. The number of methoxy groups -OCH3 is 1. The first-order chi connectivity index (χ1) is 13.7. The van der Waals surface area contributed by atoms with Gasteiger partial charge in [0.2, 0.25) is 0 Å². The van der Waals surface area contributed by atoms with Crippen molar-refractivity contribution in [3.8, 4) is 17.0 Å². The molecule has 1 saturated heterocycles. The van der Waals surface area contributed by atoms with Gasteiger partial charge in [-0.05, 0) is 66.5 Å². The van der Waals surface area contributed by atoms with Crippen molar-refractivity contribution in [3.05, 3.63) is 65.0 Å². The molecule has 0 saturated carbocycles. The van der Waals surface area contributed by atoms with E-state index in [0.717, 1.165) is 43.7 Å². The monoisotopic (exact) mass is 393 g/mol. The lowest BCUT2D eigenvalue weighted by atomic mass is 9.90. The summed E-state index contributed by atoms with van der Waals surface area (Å²) in [5.74, 6) is 1.45.